The lowest BCUT2D eigenvalue weighted by Crippen LogP contribution is -2.31. The van der Waals surface area contributed by atoms with Crippen LogP contribution in [0.3, 0.4) is 0 Å². The maximum Gasteiger partial charge on any atom is 0.274 e. The lowest BCUT2D eigenvalue weighted by Gasteiger charge is -2.27. The molecule has 0 radical (unpaired) electrons. The van der Waals surface area contributed by atoms with Gasteiger partial charge in [0.2, 0.25) is 11.8 Å². The van der Waals surface area contributed by atoms with Crippen LogP contribution in [0.25, 0.3) is 0 Å². The van der Waals surface area contributed by atoms with Crippen molar-refractivity contribution in [2.24, 2.45) is 11.7 Å². The molecule has 138 valence electrons. The zero-order valence-corrected chi connectivity index (χ0v) is 14.7. The minimum atomic E-state index is -0.952. The Morgan fingerprint density at radius 1 is 1.38 bits per heavy atom. The van der Waals surface area contributed by atoms with Crippen LogP contribution in [0.5, 0.6) is 0 Å². The molecule has 26 heavy (non-hydrogen) atoms. The lowest BCUT2D eigenvalue weighted by atomic mass is 9.78. The van der Waals surface area contributed by atoms with Crippen LogP contribution in [0.15, 0.2) is 18.2 Å². The summed E-state index contributed by atoms with van der Waals surface area (Å²) in [5.41, 5.74) is 5.07. The topological polar surface area (TPSA) is 130 Å². The summed E-state index contributed by atoms with van der Waals surface area (Å²) in [6.07, 6.45) is 7.16. The number of nitro benzene ring substituents is 1. The quantitative estimate of drug-likeness (QED) is 0.361. The van der Waals surface area contributed by atoms with Gasteiger partial charge in [-0.15, -0.1) is 0 Å². The smallest absolute Gasteiger partial charge is 0.274 e. The van der Waals surface area contributed by atoms with Gasteiger partial charge in [-0.3, -0.25) is 24.6 Å². The van der Waals surface area contributed by atoms with Gasteiger partial charge < -0.3 is 5.73 Å². The van der Waals surface area contributed by atoms with Gasteiger partial charge in [-0.1, -0.05) is 38.2 Å². The van der Waals surface area contributed by atoms with Crippen LogP contribution >= 0.6 is 0 Å². The number of rotatable bonds is 6. The van der Waals surface area contributed by atoms with E-state index >= 15 is 0 Å². The monoisotopic (exact) mass is 358 g/mol. The number of nitriles is 1. The van der Waals surface area contributed by atoms with Crippen molar-refractivity contribution in [1.82, 2.24) is 4.90 Å². The van der Waals surface area contributed by atoms with Crippen molar-refractivity contribution in [3.05, 3.63) is 39.4 Å². The first-order chi connectivity index (χ1) is 12.4. The third kappa shape index (κ3) is 4.17. The van der Waals surface area contributed by atoms with Crippen LogP contribution < -0.4 is 5.73 Å². The molecule has 0 spiro atoms. The highest BCUT2D eigenvalue weighted by atomic mass is 16.6. The molecule has 0 unspecified atom stereocenters. The number of nitro groups is 1. The van der Waals surface area contributed by atoms with Crippen molar-refractivity contribution in [3.8, 4) is 6.19 Å². The van der Waals surface area contributed by atoms with E-state index in [0.717, 1.165) is 37.0 Å². The number of benzene rings is 1. The molecule has 1 aromatic carbocycles. The molecule has 2 rings (SSSR count). The number of nitrogens with zero attached hydrogens (tertiary/aromatic N) is 3. The predicted octanol–water partition coefficient (Wildman–Crippen LogP) is 2.69. The molecule has 1 aromatic rings. The summed E-state index contributed by atoms with van der Waals surface area (Å²) in [5.74, 6) is -2.13. The van der Waals surface area contributed by atoms with Gasteiger partial charge in [0, 0.05) is 18.7 Å². The van der Waals surface area contributed by atoms with Gasteiger partial charge >= 0.3 is 0 Å². The molecule has 1 saturated carbocycles. The molecule has 1 aliphatic rings. The van der Waals surface area contributed by atoms with E-state index in [0.29, 0.717) is 6.42 Å². The molecule has 0 bridgehead atoms. The molecule has 1 atom stereocenters. The first-order valence-corrected chi connectivity index (χ1v) is 8.61. The predicted molar refractivity (Wildman–Crippen MR) is 93.9 cm³/mol. The lowest BCUT2D eigenvalue weighted by molar-refractivity contribution is -0.385. The Labute approximate surface area is 151 Å². The van der Waals surface area contributed by atoms with Crippen LogP contribution in [0.2, 0.25) is 0 Å². The van der Waals surface area contributed by atoms with Crippen LogP contribution in [0, 0.1) is 27.5 Å². The Hall–Kier alpha value is -2.95. The van der Waals surface area contributed by atoms with Crippen molar-refractivity contribution in [2.75, 3.05) is 7.05 Å². The van der Waals surface area contributed by atoms with Crippen LogP contribution in [-0.4, -0.2) is 28.7 Å². The van der Waals surface area contributed by atoms with Gasteiger partial charge in [0.25, 0.3) is 5.69 Å². The largest absolute Gasteiger partial charge is 0.366 e. The average molecular weight is 358 g/mol. The maximum atomic E-state index is 12.8. The normalized spacial score (nSPS) is 15.7. The fourth-order valence-corrected chi connectivity index (χ4v) is 3.67. The molecule has 8 nitrogen and oxygen atoms in total. The van der Waals surface area contributed by atoms with Crippen LogP contribution in [0.4, 0.5) is 5.69 Å². The van der Waals surface area contributed by atoms with Gasteiger partial charge in [0.15, 0.2) is 6.19 Å². The van der Waals surface area contributed by atoms with E-state index in [1.165, 1.54) is 25.2 Å². The molecule has 2 N–H and O–H groups in total. The molecule has 1 fully saturated rings. The van der Waals surface area contributed by atoms with E-state index in [1.807, 2.05) is 0 Å². The van der Waals surface area contributed by atoms with Crippen molar-refractivity contribution in [3.63, 3.8) is 0 Å². The number of likely N-dealkylation sites (N-methyl/N-ethyl adjacent to an activating group) is 1. The number of carbonyl (C=O) groups excluding carboxylic acids is 2. The van der Waals surface area contributed by atoms with Crippen molar-refractivity contribution in [2.45, 2.75) is 44.4 Å². The van der Waals surface area contributed by atoms with E-state index in [-0.39, 0.29) is 22.7 Å². The summed E-state index contributed by atoms with van der Waals surface area (Å²) >= 11 is 0. The highest BCUT2D eigenvalue weighted by Crippen LogP contribution is 2.39. The van der Waals surface area contributed by atoms with E-state index in [9.17, 15) is 19.7 Å². The molecule has 1 aliphatic carbocycles. The number of nitrogens with two attached hydrogens (primary N) is 1. The minimum absolute atomic E-state index is 0.0164. The summed E-state index contributed by atoms with van der Waals surface area (Å²) in [7, 11) is 1.31. The summed E-state index contributed by atoms with van der Waals surface area (Å²) in [6.45, 7) is 0. The van der Waals surface area contributed by atoms with Crippen molar-refractivity contribution >= 4 is 17.5 Å². The van der Waals surface area contributed by atoms with Gasteiger partial charge in [0.05, 0.1) is 16.4 Å². The van der Waals surface area contributed by atoms with E-state index in [4.69, 9.17) is 11.0 Å². The molecule has 0 aromatic heterocycles. The standard InChI is InChI=1S/C18H22N4O4/c1-21(11-19)18(24)14(10-12-6-3-2-4-7-12)16-13(17(20)23)8-5-9-15(16)22(25)26/h5,8-9,12,14H,2-4,6-7,10H2,1H3,(H2,20,23)/t14-/m0/s1. The molecular weight excluding hydrogens is 336 g/mol. The fraction of sp³-hybridized carbons (Fsp3) is 0.500. The van der Waals surface area contributed by atoms with Gasteiger partial charge in [-0.25, -0.2) is 0 Å². The number of amides is 2. The second-order valence-corrected chi connectivity index (χ2v) is 6.65. The van der Waals surface area contributed by atoms with Crippen molar-refractivity contribution < 1.29 is 14.5 Å². The number of hydrogen-bond donors (Lipinski definition) is 1. The Morgan fingerprint density at radius 3 is 2.58 bits per heavy atom. The minimum Gasteiger partial charge on any atom is -0.366 e. The zero-order valence-electron chi connectivity index (χ0n) is 14.7. The summed E-state index contributed by atoms with van der Waals surface area (Å²) in [6, 6.07) is 4.02. The second kappa shape index (κ2) is 8.43. The first-order valence-electron chi connectivity index (χ1n) is 8.61. The Kier molecular flexibility index (Phi) is 6.28. The average Bonchev–Trinajstić information content (AvgIpc) is 2.65. The van der Waals surface area contributed by atoms with E-state index in [2.05, 4.69) is 0 Å². The van der Waals surface area contributed by atoms with E-state index < -0.39 is 22.7 Å². The van der Waals surface area contributed by atoms with Crippen LogP contribution in [-0.2, 0) is 4.79 Å². The summed E-state index contributed by atoms with van der Waals surface area (Å²) in [4.78, 5) is 36.5. The van der Waals surface area contributed by atoms with Gasteiger partial charge in [0.1, 0.15) is 0 Å². The Bertz CT molecular complexity index is 718. The number of carbonyl (C=O) groups is 2. The SMILES string of the molecule is CN(C#N)C(=O)[C@@H](CC1CCCCC1)c1c(C(N)=O)cccc1[N+](=O)[O-]. The number of primary amides is 1. The highest BCUT2D eigenvalue weighted by Gasteiger charge is 2.35. The van der Waals surface area contributed by atoms with E-state index in [1.54, 1.807) is 6.19 Å². The molecular formula is C18H22N4O4. The van der Waals surface area contributed by atoms with Crippen LogP contribution in [0.1, 0.15) is 60.4 Å². The fourth-order valence-electron chi connectivity index (χ4n) is 3.67. The van der Waals surface area contributed by atoms with Crippen molar-refractivity contribution in [1.29, 1.82) is 5.26 Å². The summed E-state index contributed by atoms with van der Waals surface area (Å²) in [5, 5.41) is 20.6. The Balaban J connectivity index is 2.56. The first kappa shape index (κ1) is 19.4. The summed E-state index contributed by atoms with van der Waals surface area (Å²) < 4.78 is 0. The van der Waals surface area contributed by atoms with Gasteiger partial charge in [-0.2, -0.15) is 5.26 Å². The molecule has 8 heteroatoms. The highest BCUT2D eigenvalue weighted by molar-refractivity contribution is 5.98. The molecule has 0 aliphatic heterocycles. The molecule has 2 amide bonds. The Morgan fingerprint density at radius 2 is 2.04 bits per heavy atom. The molecule has 0 saturated heterocycles. The third-order valence-electron chi connectivity index (χ3n) is 4.97. The second-order valence-electron chi connectivity index (χ2n) is 6.65. The van der Waals surface area contributed by atoms with Gasteiger partial charge in [-0.05, 0) is 18.4 Å². The maximum absolute atomic E-state index is 12.8. The molecule has 0 heterocycles. The zero-order chi connectivity index (χ0) is 19.3. The number of hydrogen-bond acceptors (Lipinski definition) is 5. The third-order valence-corrected chi connectivity index (χ3v) is 4.97.